The summed E-state index contributed by atoms with van der Waals surface area (Å²) in [4.78, 5) is 29.1. The number of carbonyl (C=O) groups is 2. The van der Waals surface area contributed by atoms with Crippen molar-refractivity contribution in [2.45, 2.75) is 5.16 Å². The molecule has 1 N–H and O–H groups in total. The summed E-state index contributed by atoms with van der Waals surface area (Å²) in [7, 11) is 0. The van der Waals surface area contributed by atoms with Crippen LogP contribution in [0.25, 0.3) is 16.7 Å². The molecule has 6 nitrogen and oxygen atoms in total. The molecule has 4 aromatic rings. The van der Waals surface area contributed by atoms with Crippen molar-refractivity contribution in [1.82, 2.24) is 9.55 Å². The van der Waals surface area contributed by atoms with Crippen molar-refractivity contribution >= 4 is 40.2 Å². The molecule has 0 fully saturated rings. The monoisotopic (exact) mass is 415 g/mol. The molecule has 1 aromatic heterocycles. The average Bonchev–Trinajstić information content (AvgIpc) is 3.16. The van der Waals surface area contributed by atoms with Gasteiger partial charge in [-0.3, -0.25) is 14.2 Å². The van der Waals surface area contributed by atoms with Crippen LogP contribution in [0, 0.1) is 0 Å². The fraction of sp³-hybridized carbons (Fsp3) is 0.0870. The second-order valence-electron chi connectivity index (χ2n) is 6.81. The van der Waals surface area contributed by atoms with Gasteiger partial charge in [-0.2, -0.15) is 0 Å². The Morgan fingerprint density at radius 2 is 1.87 bits per heavy atom. The highest BCUT2D eigenvalue weighted by Gasteiger charge is 2.19. The summed E-state index contributed by atoms with van der Waals surface area (Å²) >= 11 is 1.39. The Labute approximate surface area is 176 Å². The third-order valence-corrected chi connectivity index (χ3v) is 5.75. The fourth-order valence-electron chi connectivity index (χ4n) is 3.40. The van der Waals surface area contributed by atoms with Crippen LogP contribution in [-0.2, 0) is 4.79 Å². The molecule has 0 bridgehead atoms. The number of carbonyl (C=O) groups excluding carboxylic acids is 2. The molecule has 148 valence electrons. The summed E-state index contributed by atoms with van der Waals surface area (Å²) in [5.41, 5.74) is 3.92. The number of ether oxygens (including phenoxy) is 1. The molecule has 5 rings (SSSR count). The zero-order valence-electron chi connectivity index (χ0n) is 15.9. The van der Waals surface area contributed by atoms with Crippen LogP contribution in [0.3, 0.4) is 0 Å². The number of amides is 1. The summed E-state index contributed by atoms with van der Waals surface area (Å²) in [6, 6.07) is 23.0. The van der Waals surface area contributed by atoms with Crippen LogP contribution in [0.4, 0.5) is 5.69 Å². The number of para-hydroxylation sites is 3. The predicted molar refractivity (Wildman–Crippen MR) is 117 cm³/mol. The molecule has 30 heavy (non-hydrogen) atoms. The number of anilines is 1. The summed E-state index contributed by atoms with van der Waals surface area (Å²) in [6.45, 7) is -0.00809. The predicted octanol–water partition coefficient (Wildman–Crippen LogP) is 4.33. The van der Waals surface area contributed by atoms with Gasteiger partial charge in [0.2, 0.25) is 0 Å². The molecule has 1 amide bonds. The maximum absolute atomic E-state index is 12.8. The minimum Gasteiger partial charge on any atom is -0.482 e. The number of rotatable bonds is 5. The lowest BCUT2D eigenvalue weighted by molar-refractivity contribution is -0.118. The van der Waals surface area contributed by atoms with Gasteiger partial charge in [-0.05, 0) is 42.5 Å². The molecule has 0 saturated heterocycles. The van der Waals surface area contributed by atoms with E-state index in [1.54, 1.807) is 18.2 Å². The summed E-state index contributed by atoms with van der Waals surface area (Å²) in [5, 5.41) is 3.49. The van der Waals surface area contributed by atoms with Gasteiger partial charge in [-0.1, -0.05) is 42.1 Å². The molecule has 0 unspecified atom stereocenters. The second kappa shape index (κ2) is 7.68. The van der Waals surface area contributed by atoms with Crippen LogP contribution in [0.15, 0.2) is 78.0 Å². The van der Waals surface area contributed by atoms with Crippen molar-refractivity contribution in [2.24, 2.45) is 0 Å². The van der Waals surface area contributed by atoms with Gasteiger partial charge in [0.05, 0.1) is 22.5 Å². The van der Waals surface area contributed by atoms with E-state index in [1.165, 1.54) is 11.8 Å². The molecule has 3 aromatic carbocycles. The van der Waals surface area contributed by atoms with E-state index in [-0.39, 0.29) is 24.1 Å². The number of thioether (sulfide) groups is 1. The maximum Gasteiger partial charge on any atom is 0.262 e. The van der Waals surface area contributed by atoms with Gasteiger partial charge < -0.3 is 10.1 Å². The first-order chi connectivity index (χ1) is 14.7. The van der Waals surface area contributed by atoms with Crippen LogP contribution in [0.2, 0.25) is 0 Å². The van der Waals surface area contributed by atoms with Crippen molar-refractivity contribution in [3.8, 4) is 11.4 Å². The van der Waals surface area contributed by atoms with Crippen LogP contribution in [0.5, 0.6) is 5.75 Å². The molecule has 0 aliphatic carbocycles. The first kappa shape index (κ1) is 18.4. The summed E-state index contributed by atoms with van der Waals surface area (Å²) in [6.07, 6.45) is 0. The van der Waals surface area contributed by atoms with Gasteiger partial charge >= 0.3 is 0 Å². The summed E-state index contributed by atoms with van der Waals surface area (Å²) < 4.78 is 7.42. The van der Waals surface area contributed by atoms with Crippen LogP contribution in [-0.4, -0.2) is 33.6 Å². The first-order valence-corrected chi connectivity index (χ1v) is 10.4. The van der Waals surface area contributed by atoms with E-state index in [4.69, 9.17) is 9.72 Å². The highest BCUT2D eigenvalue weighted by molar-refractivity contribution is 7.99. The van der Waals surface area contributed by atoms with Gasteiger partial charge in [0, 0.05) is 11.3 Å². The highest BCUT2D eigenvalue weighted by Crippen LogP contribution is 2.31. The minimum absolute atomic E-state index is 0.00809. The smallest absolute Gasteiger partial charge is 0.262 e. The second-order valence-corrected chi connectivity index (χ2v) is 7.76. The third kappa shape index (κ3) is 3.44. The molecular weight excluding hydrogens is 398 g/mol. The lowest BCUT2D eigenvalue weighted by Gasteiger charge is -2.18. The summed E-state index contributed by atoms with van der Waals surface area (Å²) in [5.74, 6) is 0.529. The van der Waals surface area contributed by atoms with E-state index < -0.39 is 0 Å². The van der Waals surface area contributed by atoms with Crippen LogP contribution in [0.1, 0.15) is 10.4 Å². The number of hydrogen-bond acceptors (Lipinski definition) is 5. The van der Waals surface area contributed by atoms with Crippen molar-refractivity contribution in [3.05, 3.63) is 78.4 Å². The molecule has 7 heteroatoms. The quantitative estimate of drug-likeness (QED) is 0.388. The molecule has 1 aliphatic heterocycles. The largest absolute Gasteiger partial charge is 0.482 e. The molecule has 1 aliphatic rings. The third-order valence-electron chi connectivity index (χ3n) is 4.81. The Kier molecular flexibility index (Phi) is 4.72. The Balaban J connectivity index is 1.42. The molecular formula is C23H17N3O3S. The van der Waals surface area contributed by atoms with E-state index in [0.717, 1.165) is 21.9 Å². The normalized spacial score (nSPS) is 12.9. The van der Waals surface area contributed by atoms with E-state index >= 15 is 0 Å². The molecule has 0 spiro atoms. The maximum atomic E-state index is 12.8. The molecule has 0 atom stereocenters. The Hall–Kier alpha value is -3.58. The number of benzene rings is 3. The zero-order valence-corrected chi connectivity index (χ0v) is 16.7. The number of aromatic nitrogens is 2. The van der Waals surface area contributed by atoms with Crippen LogP contribution < -0.4 is 10.1 Å². The van der Waals surface area contributed by atoms with E-state index in [2.05, 4.69) is 9.88 Å². The number of Topliss-reactive ketones (excluding diaryl/α,β-unsaturated/α-hetero) is 1. The molecule has 0 radical (unpaired) electrons. The van der Waals surface area contributed by atoms with Crippen molar-refractivity contribution in [2.75, 3.05) is 17.7 Å². The average molecular weight is 415 g/mol. The lowest BCUT2D eigenvalue weighted by Crippen LogP contribution is -2.25. The Bertz CT molecular complexity index is 1270. The number of imidazole rings is 1. The number of nitrogens with one attached hydrogen (secondary N) is 1. The van der Waals surface area contributed by atoms with Crippen molar-refractivity contribution in [1.29, 1.82) is 0 Å². The van der Waals surface area contributed by atoms with Crippen molar-refractivity contribution < 1.29 is 14.3 Å². The number of fused-ring (bicyclic) bond motifs is 2. The van der Waals surface area contributed by atoms with Gasteiger partial charge in [-0.25, -0.2) is 4.98 Å². The minimum atomic E-state index is -0.224. The standard InChI is InChI=1S/C23H17N3O3S/c27-20(15-10-11-21-18(12-15)24-22(28)13-29-21)14-30-23-25-17-8-4-5-9-19(17)26(23)16-6-2-1-3-7-16/h1-12H,13-14H2,(H,24,28). The Morgan fingerprint density at radius 3 is 2.73 bits per heavy atom. The van der Waals surface area contributed by atoms with Gasteiger partial charge in [0.1, 0.15) is 5.75 Å². The number of hydrogen-bond donors (Lipinski definition) is 1. The molecule has 0 saturated carbocycles. The van der Waals surface area contributed by atoms with E-state index in [0.29, 0.717) is 17.0 Å². The highest BCUT2D eigenvalue weighted by atomic mass is 32.2. The van der Waals surface area contributed by atoms with Crippen molar-refractivity contribution in [3.63, 3.8) is 0 Å². The molecule has 2 heterocycles. The SMILES string of the molecule is O=C1COc2ccc(C(=O)CSc3nc4ccccc4n3-c3ccccc3)cc2N1. The zero-order chi connectivity index (χ0) is 20.5. The topological polar surface area (TPSA) is 73.2 Å². The van der Waals surface area contributed by atoms with Crippen LogP contribution >= 0.6 is 11.8 Å². The fourth-order valence-corrected chi connectivity index (χ4v) is 4.32. The first-order valence-electron chi connectivity index (χ1n) is 9.45. The van der Waals surface area contributed by atoms with E-state index in [1.807, 2.05) is 54.6 Å². The van der Waals surface area contributed by atoms with Gasteiger partial charge in [-0.15, -0.1) is 0 Å². The van der Waals surface area contributed by atoms with E-state index in [9.17, 15) is 9.59 Å². The Morgan fingerprint density at radius 1 is 1.07 bits per heavy atom. The lowest BCUT2D eigenvalue weighted by atomic mass is 10.1. The number of nitrogens with zero attached hydrogens (tertiary/aromatic N) is 2. The number of ketones is 1. The van der Waals surface area contributed by atoms with Gasteiger partial charge in [0.25, 0.3) is 5.91 Å². The van der Waals surface area contributed by atoms with Gasteiger partial charge in [0.15, 0.2) is 17.5 Å².